The second-order valence-electron chi connectivity index (χ2n) is 14.5. The van der Waals surface area contributed by atoms with Crippen LogP contribution >= 0.6 is 0 Å². The normalized spacial score (nSPS) is 28.6. The first-order valence-electron chi connectivity index (χ1n) is 15.6. The second-order valence-corrected chi connectivity index (χ2v) is 14.5. The lowest BCUT2D eigenvalue weighted by molar-refractivity contribution is -0.146. The molecule has 9 heteroatoms. The molecule has 3 N–H and O–H groups in total. The molecular weight excluding hydrogens is 534 g/mol. The van der Waals surface area contributed by atoms with Crippen molar-refractivity contribution in [3.63, 3.8) is 0 Å². The van der Waals surface area contributed by atoms with Crippen LogP contribution in [0.3, 0.4) is 0 Å². The summed E-state index contributed by atoms with van der Waals surface area (Å²) in [5.41, 5.74) is -1.78. The maximum Gasteiger partial charge on any atom is 0.246 e. The number of hydrogen-bond donors (Lipinski definition) is 3. The summed E-state index contributed by atoms with van der Waals surface area (Å²) < 4.78 is 12.3. The van der Waals surface area contributed by atoms with Crippen molar-refractivity contribution >= 4 is 23.4 Å². The van der Waals surface area contributed by atoms with Gasteiger partial charge < -0.3 is 30.1 Å². The number of nitrogens with one attached hydrogen (secondary N) is 2. The molecule has 4 rings (SSSR count). The minimum absolute atomic E-state index is 0.00463. The number of benzene rings is 1. The van der Waals surface area contributed by atoms with Crippen molar-refractivity contribution in [2.75, 3.05) is 25.1 Å². The molecule has 0 saturated carbocycles. The highest BCUT2D eigenvalue weighted by Gasteiger charge is 2.78. The molecule has 9 nitrogen and oxygen atoms in total. The molecule has 0 radical (unpaired) electrons. The standard InChI is InChI=1S/C33H51N3O6/c1-8-41-23-15-13-22(14-16-23)34-27(38)24-25-29(40)36(19-11-9-10-12-20-37)26(33(25)18-17-32(24,7)42-33)28(39)35-31(5,6)21-30(2,3)4/h13-16,24-26,37H,8-12,17-21H2,1-7H3,(H,34,38)(H,35,39)/t24-,25-,26?,32+,33?/m0/s1. The first kappa shape index (κ1) is 32.3. The van der Waals surface area contributed by atoms with Crippen molar-refractivity contribution in [1.29, 1.82) is 0 Å². The molecule has 2 bridgehead atoms. The van der Waals surface area contributed by atoms with Crippen molar-refractivity contribution in [3.8, 4) is 5.75 Å². The van der Waals surface area contributed by atoms with Crippen molar-refractivity contribution in [1.82, 2.24) is 10.2 Å². The van der Waals surface area contributed by atoms with Gasteiger partial charge in [0.15, 0.2) is 0 Å². The van der Waals surface area contributed by atoms with Gasteiger partial charge in [-0.05, 0) is 89.5 Å². The topological polar surface area (TPSA) is 117 Å². The molecule has 1 aromatic carbocycles. The van der Waals surface area contributed by atoms with Crippen LogP contribution in [0.15, 0.2) is 24.3 Å². The zero-order valence-corrected chi connectivity index (χ0v) is 26.5. The van der Waals surface area contributed by atoms with Crippen LogP contribution in [0.1, 0.15) is 93.4 Å². The second kappa shape index (κ2) is 12.2. The minimum atomic E-state index is -1.06. The van der Waals surface area contributed by atoms with E-state index in [1.54, 1.807) is 29.2 Å². The Kier molecular flexibility index (Phi) is 9.34. The van der Waals surface area contributed by atoms with Crippen LogP contribution in [0, 0.1) is 17.3 Å². The van der Waals surface area contributed by atoms with E-state index in [4.69, 9.17) is 9.47 Å². The maximum atomic E-state index is 14.3. The van der Waals surface area contributed by atoms with Gasteiger partial charge in [-0.1, -0.05) is 33.6 Å². The van der Waals surface area contributed by atoms with Crippen molar-refractivity contribution in [2.24, 2.45) is 17.3 Å². The Bertz CT molecular complexity index is 1150. The SMILES string of the molecule is CCOc1ccc(NC(=O)[C@@H]2[C@H]3C(=O)N(CCCCCCO)C(C(=O)NC(C)(C)CC(C)(C)C)C34CC[C@@]2(C)O4)cc1. The first-order valence-corrected chi connectivity index (χ1v) is 15.6. The lowest BCUT2D eigenvalue weighted by atomic mass is 9.66. The Morgan fingerprint density at radius 2 is 1.71 bits per heavy atom. The molecule has 3 aliphatic heterocycles. The molecule has 234 valence electrons. The fraction of sp³-hybridized carbons (Fsp3) is 0.727. The van der Waals surface area contributed by atoms with Crippen LogP contribution in [0.25, 0.3) is 0 Å². The number of rotatable bonds is 13. The molecular formula is C33H51N3O6. The number of likely N-dealkylation sites (tertiary alicyclic amines) is 1. The number of ether oxygens (including phenoxy) is 2. The maximum absolute atomic E-state index is 14.3. The van der Waals surface area contributed by atoms with Gasteiger partial charge in [0.2, 0.25) is 17.7 Å². The summed E-state index contributed by atoms with van der Waals surface area (Å²) in [5, 5.41) is 15.4. The smallest absolute Gasteiger partial charge is 0.246 e. The van der Waals surface area contributed by atoms with E-state index in [1.165, 1.54) is 0 Å². The molecule has 3 aliphatic rings. The Balaban J connectivity index is 1.62. The number of aliphatic hydroxyl groups excluding tert-OH is 1. The van der Waals surface area contributed by atoms with E-state index in [0.717, 1.165) is 19.3 Å². The molecule has 0 aromatic heterocycles. The Morgan fingerprint density at radius 1 is 1.05 bits per heavy atom. The highest BCUT2D eigenvalue weighted by atomic mass is 16.5. The average molecular weight is 586 g/mol. The van der Waals surface area contributed by atoms with Crippen LogP contribution in [-0.2, 0) is 19.1 Å². The molecule has 3 saturated heterocycles. The average Bonchev–Trinajstić information content (AvgIpc) is 3.44. The van der Waals surface area contributed by atoms with E-state index in [-0.39, 0.29) is 29.7 Å². The van der Waals surface area contributed by atoms with Crippen LogP contribution < -0.4 is 15.4 Å². The van der Waals surface area contributed by atoms with Gasteiger partial charge in [0.25, 0.3) is 0 Å². The lowest BCUT2D eigenvalue weighted by Crippen LogP contribution is -2.59. The molecule has 2 unspecified atom stereocenters. The number of carbonyl (C=O) groups excluding carboxylic acids is 3. The number of fused-ring (bicyclic) bond motifs is 1. The number of amides is 3. The fourth-order valence-electron chi connectivity index (χ4n) is 7.91. The van der Waals surface area contributed by atoms with Gasteiger partial charge in [-0.25, -0.2) is 0 Å². The highest BCUT2D eigenvalue weighted by Crippen LogP contribution is 2.63. The number of hydrogen-bond acceptors (Lipinski definition) is 6. The molecule has 3 amide bonds. The van der Waals surface area contributed by atoms with Crippen molar-refractivity contribution < 1.29 is 29.0 Å². The fourth-order valence-corrected chi connectivity index (χ4v) is 7.91. The van der Waals surface area contributed by atoms with Crippen LogP contribution in [-0.4, -0.2) is 70.3 Å². The predicted octanol–water partition coefficient (Wildman–Crippen LogP) is 4.67. The minimum Gasteiger partial charge on any atom is -0.494 e. The third-order valence-corrected chi connectivity index (χ3v) is 8.98. The van der Waals surface area contributed by atoms with Gasteiger partial charge in [0.1, 0.15) is 17.4 Å². The van der Waals surface area contributed by atoms with Crippen LogP contribution in [0.2, 0.25) is 0 Å². The lowest BCUT2D eigenvalue weighted by Gasteiger charge is -2.38. The van der Waals surface area contributed by atoms with E-state index < -0.39 is 34.6 Å². The largest absolute Gasteiger partial charge is 0.494 e. The first-order chi connectivity index (χ1) is 19.7. The monoisotopic (exact) mass is 585 g/mol. The number of carbonyl (C=O) groups is 3. The summed E-state index contributed by atoms with van der Waals surface area (Å²) >= 11 is 0. The van der Waals surface area contributed by atoms with Crippen LogP contribution in [0.5, 0.6) is 5.75 Å². The molecule has 1 aromatic rings. The number of nitrogens with zero attached hydrogens (tertiary/aromatic N) is 1. The van der Waals surface area contributed by atoms with E-state index in [2.05, 4.69) is 31.4 Å². The molecule has 3 fully saturated rings. The summed E-state index contributed by atoms with van der Waals surface area (Å²) in [6.45, 7) is 15.4. The van der Waals surface area contributed by atoms with Gasteiger partial charge in [-0.3, -0.25) is 14.4 Å². The Hall–Kier alpha value is -2.65. The molecule has 5 atom stereocenters. The zero-order chi connectivity index (χ0) is 30.9. The molecule has 3 heterocycles. The summed E-state index contributed by atoms with van der Waals surface area (Å²) in [6.07, 6.45) is 5.01. The van der Waals surface area contributed by atoms with Gasteiger partial charge in [-0.2, -0.15) is 0 Å². The van der Waals surface area contributed by atoms with E-state index in [1.807, 2.05) is 27.7 Å². The zero-order valence-electron chi connectivity index (χ0n) is 26.5. The third-order valence-electron chi connectivity index (χ3n) is 8.98. The van der Waals surface area contributed by atoms with Gasteiger partial charge in [0.05, 0.1) is 24.0 Å². The summed E-state index contributed by atoms with van der Waals surface area (Å²) in [6, 6.07) is 6.38. The number of anilines is 1. The molecule has 0 aliphatic carbocycles. The third kappa shape index (κ3) is 6.47. The van der Waals surface area contributed by atoms with E-state index in [9.17, 15) is 19.5 Å². The van der Waals surface area contributed by atoms with Crippen LogP contribution in [0.4, 0.5) is 5.69 Å². The molecule has 1 spiro atoms. The quantitative estimate of drug-likeness (QED) is 0.290. The summed E-state index contributed by atoms with van der Waals surface area (Å²) in [4.78, 5) is 44.0. The van der Waals surface area contributed by atoms with Gasteiger partial charge >= 0.3 is 0 Å². The van der Waals surface area contributed by atoms with Crippen molar-refractivity contribution in [3.05, 3.63) is 24.3 Å². The van der Waals surface area contributed by atoms with Gasteiger partial charge in [-0.15, -0.1) is 0 Å². The predicted molar refractivity (Wildman–Crippen MR) is 162 cm³/mol. The summed E-state index contributed by atoms with van der Waals surface area (Å²) in [7, 11) is 0. The summed E-state index contributed by atoms with van der Waals surface area (Å²) in [5.74, 6) is -1.40. The van der Waals surface area contributed by atoms with Gasteiger partial charge in [0, 0.05) is 24.4 Å². The Labute approximate surface area is 251 Å². The van der Waals surface area contributed by atoms with E-state index >= 15 is 0 Å². The number of aliphatic hydroxyl groups is 1. The molecule has 42 heavy (non-hydrogen) atoms. The highest BCUT2D eigenvalue weighted by molar-refractivity contribution is 6.02. The van der Waals surface area contributed by atoms with Crippen molar-refractivity contribution in [2.45, 2.75) is 116 Å². The number of unbranched alkanes of at least 4 members (excludes halogenated alkanes) is 3. The van der Waals surface area contributed by atoms with E-state index in [0.29, 0.717) is 50.3 Å². The Morgan fingerprint density at radius 3 is 2.33 bits per heavy atom.